The highest BCUT2D eigenvalue weighted by atomic mass is 32.2. The summed E-state index contributed by atoms with van der Waals surface area (Å²) in [5.41, 5.74) is 3.04. The first kappa shape index (κ1) is 18.4. The summed E-state index contributed by atoms with van der Waals surface area (Å²) in [5, 5.41) is 26.0. The Morgan fingerprint density at radius 2 is 1.89 bits per heavy atom. The van der Waals surface area contributed by atoms with Gasteiger partial charge in [-0.05, 0) is 48.4 Å². The third-order valence-corrected chi connectivity index (χ3v) is 5.74. The van der Waals surface area contributed by atoms with Crippen LogP contribution in [0.4, 0.5) is 5.69 Å². The normalized spacial score (nSPS) is 15.0. The minimum atomic E-state index is -0.825. The summed E-state index contributed by atoms with van der Waals surface area (Å²) >= 11 is 1.57. The van der Waals surface area contributed by atoms with Crippen molar-refractivity contribution in [2.45, 2.75) is 22.4 Å². The van der Waals surface area contributed by atoms with Crippen LogP contribution in [0.1, 0.15) is 27.7 Å². The van der Waals surface area contributed by atoms with Gasteiger partial charge in [-0.1, -0.05) is 42.1 Å². The highest BCUT2D eigenvalue weighted by Crippen LogP contribution is 2.41. The predicted molar refractivity (Wildman–Crippen MR) is 110 cm³/mol. The fourth-order valence-electron chi connectivity index (χ4n) is 3.15. The molecule has 5 nitrogen and oxygen atoms in total. The summed E-state index contributed by atoms with van der Waals surface area (Å²) in [6.07, 6.45) is -0.193. The van der Waals surface area contributed by atoms with Crippen molar-refractivity contribution in [1.29, 1.82) is 0 Å². The molecule has 0 saturated heterocycles. The molecule has 0 fully saturated rings. The van der Waals surface area contributed by atoms with Gasteiger partial charge in [0.05, 0.1) is 5.69 Å². The van der Waals surface area contributed by atoms with Crippen LogP contribution >= 0.6 is 11.8 Å². The van der Waals surface area contributed by atoms with Crippen molar-refractivity contribution in [2.75, 3.05) is 11.9 Å². The van der Waals surface area contributed by atoms with Gasteiger partial charge >= 0.3 is 0 Å². The van der Waals surface area contributed by atoms with Crippen molar-refractivity contribution in [3.8, 4) is 5.75 Å². The van der Waals surface area contributed by atoms with E-state index in [9.17, 15) is 15.0 Å². The molecule has 0 radical (unpaired) electrons. The van der Waals surface area contributed by atoms with Crippen LogP contribution in [0.25, 0.3) is 0 Å². The van der Waals surface area contributed by atoms with Gasteiger partial charge in [0.2, 0.25) is 0 Å². The summed E-state index contributed by atoms with van der Waals surface area (Å²) in [6.45, 7) is 0.468. The Kier molecular flexibility index (Phi) is 5.23. The van der Waals surface area contributed by atoms with Crippen molar-refractivity contribution in [2.24, 2.45) is 0 Å². The van der Waals surface area contributed by atoms with Crippen molar-refractivity contribution < 1.29 is 15.0 Å². The van der Waals surface area contributed by atoms with Crippen molar-refractivity contribution in [1.82, 2.24) is 5.32 Å². The fraction of sp³-hybridized carbons (Fsp3) is 0.136. The van der Waals surface area contributed by atoms with E-state index in [0.29, 0.717) is 18.5 Å². The van der Waals surface area contributed by atoms with Gasteiger partial charge in [-0.2, -0.15) is 0 Å². The zero-order valence-corrected chi connectivity index (χ0v) is 15.9. The lowest BCUT2D eigenvalue weighted by molar-refractivity contribution is 0.0954. The fourth-order valence-corrected chi connectivity index (χ4v) is 4.20. The molecule has 1 amide bonds. The van der Waals surface area contributed by atoms with Crippen molar-refractivity contribution in [3.63, 3.8) is 0 Å². The third kappa shape index (κ3) is 3.98. The Hall–Kier alpha value is -2.96. The number of anilines is 1. The maximum Gasteiger partial charge on any atom is 0.251 e. The molecule has 3 aromatic carbocycles. The lowest BCUT2D eigenvalue weighted by Gasteiger charge is -2.14. The van der Waals surface area contributed by atoms with Gasteiger partial charge in [0, 0.05) is 27.5 Å². The first-order chi connectivity index (χ1) is 13.6. The number of fused-ring (bicyclic) bond motifs is 2. The summed E-state index contributed by atoms with van der Waals surface area (Å²) in [7, 11) is 0. The van der Waals surface area contributed by atoms with E-state index < -0.39 is 6.23 Å². The number of aliphatic hydroxyl groups excluding tert-OH is 1. The first-order valence-electron chi connectivity index (χ1n) is 9.02. The Labute approximate surface area is 167 Å². The van der Waals surface area contributed by atoms with Crippen molar-refractivity contribution in [3.05, 3.63) is 83.4 Å². The lowest BCUT2D eigenvalue weighted by Crippen LogP contribution is -2.25. The number of nitrogens with one attached hydrogen (secondary N) is 2. The molecule has 0 bridgehead atoms. The van der Waals surface area contributed by atoms with E-state index in [1.165, 1.54) is 0 Å². The summed E-state index contributed by atoms with van der Waals surface area (Å²) in [4.78, 5) is 14.5. The topological polar surface area (TPSA) is 81.6 Å². The molecule has 3 aromatic rings. The maximum atomic E-state index is 12.5. The van der Waals surface area contributed by atoms with Gasteiger partial charge in [0.15, 0.2) is 6.23 Å². The van der Waals surface area contributed by atoms with E-state index in [0.717, 1.165) is 26.6 Å². The molecular formula is C22H20N2O3S. The second-order valence-electron chi connectivity index (χ2n) is 6.57. The Morgan fingerprint density at radius 1 is 1.04 bits per heavy atom. The average molecular weight is 392 g/mol. The van der Waals surface area contributed by atoms with Crippen LogP contribution < -0.4 is 10.6 Å². The number of carbonyl (C=O) groups is 1. The van der Waals surface area contributed by atoms with Crippen LogP contribution in [0.5, 0.6) is 5.75 Å². The summed E-state index contributed by atoms with van der Waals surface area (Å²) in [6, 6.07) is 20.2. The molecule has 6 heteroatoms. The van der Waals surface area contributed by atoms with E-state index >= 15 is 0 Å². The van der Waals surface area contributed by atoms with Crippen LogP contribution in [0.2, 0.25) is 0 Å². The quantitative estimate of drug-likeness (QED) is 0.541. The van der Waals surface area contributed by atoms with Crippen LogP contribution in [-0.4, -0.2) is 22.7 Å². The standard InChI is InChI=1S/C22H20N2O3S/c25-16-5-3-4-14(12-16)10-11-23-21(26)15-8-9-20-18(13-15)24-22(27)17-6-1-2-7-19(17)28-20/h1-9,12-13,22,24-25,27H,10-11H2,(H,23,26). The number of hydrogen-bond donors (Lipinski definition) is 4. The lowest BCUT2D eigenvalue weighted by atomic mass is 10.1. The number of benzene rings is 3. The largest absolute Gasteiger partial charge is 0.508 e. The number of rotatable bonds is 4. The minimum Gasteiger partial charge on any atom is -0.508 e. The molecular weight excluding hydrogens is 372 g/mol. The molecule has 1 aliphatic heterocycles. The number of amides is 1. The molecule has 1 unspecified atom stereocenters. The van der Waals surface area contributed by atoms with Gasteiger partial charge < -0.3 is 20.8 Å². The predicted octanol–water partition coefficient (Wildman–Crippen LogP) is 3.93. The SMILES string of the molecule is O=C(NCCc1cccc(O)c1)c1ccc2c(c1)NC(O)c1ccccc1S2. The first-order valence-corrected chi connectivity index (χ1v) is 9.83. The van der Waals surface area contributed by atoms with E-state index in [2.05, 4.69) is 10.6 Å². The van der Waals surface area contributed by atoms with Gasteiger partial charge in [-0.15, -0.1) is 0 Å². The maximum absolute atomic E-state index is 12.5. The second-order valence-corrected chi connectivity index (χ2v) is 7.66. The van der Waals surface area contributed by atoms with E-state index in [1.54, 1.807) is 42.1 Å². The second kappa shape index (κ2) is 7.96. The highest BCUT2D eigenvalue weighted by molar-refractivity contribution is 7.99. The molecule has 0 aromatic heterocycles. The third-order valence-electron chi connectivity index (χ3n) is 4.58. The summed E-state index contributed by atoms with van der Waals surface area (Å²) < 4.78 is 0. The number of phenols is 1. The van der Waals surface area contributed by atoms with Gasteiger partial charge in [-0.25, -0.2) is 0 Å². The molecule has 4 N–H and O–H groups in total. The monoisotopic (exact) mass is 392 g/mol. The molecule has 0 saturated carbocycles. The van der Waals surface area contributed by atoms with Gasteiger partial charge in [-0.3, -0.25) is 4.79 Å². The molecule has 1 atom stereocenters. The minimum absolute atomic E-state index is 0.175. The average Bonchev–Trinajstić information content (AvgIpc) is 2.83. The van der Waals surface area contributed by atoms with Crippen LogP contribution in [0, 0.1) is 0 Å². The Bertz CT molecular complexity index is 1020. The molecule has 4 rings (SSSR count). The van der Waals surface area contributed by atoms with Crippen LogP contribution in [0.3, 0.4) is 0 Å². The molecule has 0 spiro atoms. The Balaban J connectivity index is 1.45. The van der Waals surface area contributed by atoms with Crippen LogP contribution in [0.15, 0.2) is 76.5 Å². The van der Waals surface area contributed by atoms with Crippen LogP contribution in [-0.2, 0) is 6.42 Å². The number of phenolic OH excluding ortho intramolecular Hbond substituents is 1. The smallest absolute Gasteiger partial charge is 0.251 e. The Morgan fingerprint density at radius 3 is 2.75 bits per heavy atom. The number of aromatic hydroxyl groups is 1. The molecule has 0 aliphatic carbocycles. The summed E-state index contributed by atoms with van der Waals surface area (Å²) in [5.74, 6) is 0.0451. The van der Waals surface area contributed by atoms with Gasteiger partial charge in [0.25, 0.3) is 5.91 Å². The molecule has 28 heavy (non-hydrogen) atoms. The zero-order valence-electron chi connectivity index (χ0n) is 15.1. The highest BCUT2D eigenvalue weighted by Gasteiger charge is 2.20. The van der Waals surface area contributed by atoms with E-state index in [1.807, 2.05) is 36.4 Å². The number of carbonyl (C=O) groups excluding carboxylic acids is 1. The number of aliphatic hydroxyl groups is 1. The number of hydrogen-bond acceptors (Lipinski definition) is 5. The zero-order chi connectivity index (χ0) is 19.5. The molecule has 142 valence electrons. The molecule has 1 aliphatic rings. The molecule has 1 heterocycles. The van der Waals surface area contributed by atoms with Gasteiger partial charge in [0.1, 0.15) is 5.75 Å². The van der Waals surface area contributed by atoms with E-state index in [-0.39, 0.29) is 11.7 Å². The van der Waals surface area contributed by atoms with E-state index in [4.69, 9.17) is 0 Å². The van der Waals surface area contributed by atoms with Crippen molar-refractivity contribution >= 4 is 23.4 Å².